The molecule has 1 aromatic heterocycles. The first kappa shape index (κ1) is 30.8. The highest BCUT2D eigenvalue weighted by Crippen LogP contribution is 2.58. The molecule has 40 heavy (non-hydrogen) atoms. The summed E-state index contributed by atoms with van der Waals surface area (Å²) in [6.07, 6.45) is -5.31. The number of hydrogen-bond acceptors (Lipinski definition) is 9. The lowest BCUT2D eigenvalue weighted by atomic mass is 10.1. The Morgan fingerprint density at radius 1 is 1.23 bits per heavy atom. The van der Waals surface area contributed by atoms with Crippen molar-refractivity contribution in [2.24, 2.45) is 0 Å². The molecule has 16 heteroatoms. The molecule has 10 nitrogen and oxygen atoms in total. The van der Waals surface area contributed by atoms with Crippen molar-refractivity contribution in [3.63, 3.8) is 0 Å². The molecule has 0 unspecified atom stereocenters. The van der Waals surface area contributed by atoms with E-state index in [4.69, 9.17) is 28.5 Å². The van der Waals surface area contributed by atoms with E-state index in [9.17, 15) is 18.1 Å². The second-order valence-electron chi connectivity index (χ2n) is 11.2. The van der Waals surface area contributed by atoms with Gasteiger partial charge in [-0.05, 0) is 41.9 Å². The minimum Gasteiger partial charge on any atom is -0.405 e. The van der Waals surface area contributed by atoms with Crippen LogP contribution in [0.2, 0.25) is 18.1 Å². The van der Waals surface area contributed by atoms with Crippen molar-refractivity contribution in [1.29, 1.82) is 0 Å². The predicted molar refractivity (Wildman–Crippen MR) is 138 cm³/mol. The molecule has 222 valence electrons. The number of nitrogens with zero attached hydrogens (tertiary/aromatic N) is 2. The van der Waals surface area contributed by atoms with E-state index in [-0.39, 0.29) is 24.4 Å². The third-order valence-corrected chi connectivity index (χ3v) is 13.2. The lowest BCUT2D eigenvalue weighted by molar-refractivity contribution is -0.138. The van der Waals surface area contributed by atoms with Gasteiger partial charge in [0, 0.05) is 12.6 Å². The van der Waals surface area contributed by atoms with Gasteiger partial charge in [0.2, 0.25) is 6.23 Å². The van der Waals surface area contributed by atoms with Gasteiger partial charge in [0.1, 0.15) is 18.0 Å². The second-order valence-corrected chi connectivity index (χ2v) is 17.6. The predicted octanol–water partition coefficient (Wildman–Crippen LogP) is 5.33. The summed E-state index contributed by atoms with van der Waals surface area (Å²) in [4.78, 5) is 15.9. The largest absolute Gasteiger partial charge is 0.475 e. The Balaban J connectivity index is 1.59. The molecule has 1 aromatic carbocycles. The summed E-state index contributed by atoms with van der Waals surface area (Å²) in [5.74, 6) is -6.08. The SMILES string of the molecule is CC(C)(C)[Si](C)(C)O[C@@H]1[C@@H](CO[P@]2(=O)OCC[C@H](c3ccc(F)c(F)c3)O2)O[C@@H](n2ccc(N)nc2=O)C1(F)F. The molecule has 2 N–H and O–H groups in total. The Bertz CT molecular complexity index is 1360. The van der Waals surface area contributed by atoms with Crippen molar-refractivity contribution in [3.8, 4) is 0 Å². The molecule has 2 saturated heterocycles. The highest BCUT2D eigenvalue weighted by atomic mass is 31.2. The summed E-state index contributed by atoms with van der Waals surface area (Å²) in [5.41, 5.74) is 4.64. The fraction of sp³-hybridized carbons (Fsp3) is 0.583. The molecule has 3 heterocycles. The smallest absolute Gasteiger partial charge is 0.405 e. The summed E-state index contributed by atoms with van der Waals surface area (Å²) in [7, 11) is -7.20. The number of phosphoric ester groups is 1. The van der Waals surface area contributed by atoms with E-state index in [2.05, 4.69) is 4.98 Å². The number of hydrogen-bond donors (Lipinski definition) is 1. The van der Waals surface area contributed by atoms with E-state index >= 15 is 8.78 Å². The third kappa shape index (κ3) is 6.20. The normalized spacial score (nSPS) is 29.0. The topological polar surface area (TPSA) is 124 Å². The zero-order chi connectivity index (χ0) is 29.7. The van der Waals surface area contributed by atoms with Crippen molar-refractivity contribution in [2.45, 2.75) is 75.8 Å². The monoisotopic (exact) mass is 609 g/mol. The zero-order valence-corrected chi connectivity index (χ0v) is 24.5. The maximum absolute atomic E-state index is 15.9. The van der Waals surface area contributed by atoms with Crippen LogP contribution in [0.25, 0.3) is 0 Å². The summed E-state index contributed by atoms with van der Waals surface area (Å²) >= 11 is 0. The van der Waals surface area contributed by atoms with Gasteiger partial charge in [0.15, 0.2) is 20.0 Å². The minimum absolute atomic E-state index is 0.123. The molecular weight excluding hydrogens is 577 g/mol. The van der Waals surface area contributed by atoms with Gasteiger partial charge in [0.25, 0.3) is 0 Å². The summed E-state index contributed by atoms with van der Waals surface area (Å²) < 4.78 is 101. The number of halogens is 4. The lowest BCUT2D eigenvalue weighted by Crippen LogP contribution is -2.52. The van der Waals surface area contributed by atoms with Crippen LogP contribution < -0.4 is 11.4 Å². The van der Waals surface area contributed by atoms with Gasteiger partial charge in [-0.3, -0.25) is 18.1 Å². The molecule has 0 bridgehead atoms. The highest BCUT2D eigenvalue weighted by Gasteiger charge is 2.63. The van der Waals surface area contributed by atoms with Crippen LogP contribution in [0.5, 0.6) is 0 Å². The molecule has 0 spiro atoms. The maximum Gasteiger partial charge on any atom is 0.475 e. The van der Waals surface area contributed by atoms with Crippen molar-refractivity contribution in [1.82, 2.24) is 9.55 Å². The fourth-order valence-corrected chi connectivity index (χ4v) is 6.72. The molecule has 0 amide bonds. The number of nitrogens with two attached hydrogens (primary N) is 1. The van der Waals surface area contributed by atoms with Crippen molar-refractivity contribution in [2.75, 3.05) is 18.9 Å². The number of nitrogen functional groups attached to an aromatic ring is 1. The number of phosphoric acid groups is 1. The zero-order valence-electron chi connectivity index (χ0n) is 22.6. The van der Waals surface area contributed by atoms with E-state index in [0.29, 0.717) is 4.57 Å². The van der Waals surface area contributed by atoms with Gasteiger partial charge in [-0.15, -0.1) is 0 Å². The summed E-state index contributed by atoms with van der Waals surface area (Å²) in [6.45, 7) is 8.30. The molecular formula is C24H32F4N3O7PSi. The fourth-order valence-electron chi connectivity index (χ4n) is 4.03. The van der Waals surface area contributed by atoms with Crippen LogP contribution in [-0.2, 0) is 27.3 Å². The van der Waals surface area contributed by atoms with E-state index in [1.807, 2.05) is 20.8 Å². The van der Waals surface area contributed by atoms with E-state index in [1.54, 1.807) is 13.1 Å². The van der Waals surface area contributed by atoms with Crippen LogP contribution >= 0.6 is 7.82 Å². The Morgan fingerprint density at radius 3 is 2.55 bits per heavy atom. The quantitative estimate of drug-likeness (QED) is 0.252. The number of anilines is 1. The Kier molecular flexibility index (Phi) is 8.42. The molecule has 2 aromatic rings. The first-order valence-electron chi connectivity index (χ1n) is 12.5. The summed E-state index contributed by atoms with van der Waals surface area (Å²) in [5, 5.41) is -0.466. The van der Waals surface area contributed by atoms with Crippen LogP contribution in [0.1, 0.15) is 45.1 Å². The standard InChI is InChI=1S/C24H32F4N3O7PSi/c1-23(2,3)40(4,5)38-20-18(36-21(24(20,27)28)31-10-8-19(29)30-22(31)32)13-35-39(33)34-11-9-17(37-39)14-6-7-15(25)16(26)12-14/h6-8,10,12,17-18,20-21H,9,11,13H2,1-5H3,(H2,29,30,32)/t17-,18-,20-,21-,39+/m1/s1. The van der Waals surface area contributed by atoms with E-state index in [1.165, 1.54) is 12.1 Å². The van der Waals surface area contributed by atoms with E-state index in [0.717, 1.165) is 18.3 Å². The molecule has 2 aliphatic rings. The van der Waals surface area contributed by atoms with Crippen molar-refractivity contribution < 1.29 is 44.9 Å². The van der Waals surface area contributed by atoms with Crippen molar-refractivity contribution >= 4 is 22.0 Å². The average Bonchev–Trinajstić information content (AvgIpc) is 3.08. The minimum atomic E-state index is -4.36. The second kappa shape index (κ2) is 10.9. The maximum atomic E-state index is 15.9. The number of ether oxygens (including phenoxy) is 1. The molecule has 0 aliphatic carbocycles. The van der Waals surface area contributed by atoms with Crippen LogP contribution in [-0.4, -0.2) is 49.2 Å². The number of aromatic nitrogens is 2. The third-order valence-electron chi connectivity index (χ3n) is 7.28. The van der Waals surface area contributed by atoms with Crippen LogP contribution in [0, 0.1) is 11.6 Å². The Labute approximate surface area is 229 Å². The van der Waals surface area contributed by atoms with Gasteiger partial charge in [-0.1, -0.05) is 26.8 Å². The van der Waals surface area contributed by atoms with Crippen molar-refractivity contribution in [3.05, 3.63) is 58.1 Å². The van der Waals surface area contributed by atoms with E-state index < -0.39 is 75.6 Å². The van der Waals surface area contributed by atoms with Gasteiger partial charge >= 0.3 is 19.4 Å². The molecule has 5 atom stereocenters. The van der Waals surface area contributed by atoms with Crippen LogP contribution in [0.4, 0.5) is 23.4 Å². The van der Waals surface area contributed by atoms with Gasteiger partial charge < -0.3 is 14.9 Å². The van der Waals surface area contributed by atoms with Crippen LogP contribution in [0.15, 0.2) is 35.3 Å². The molecule has 0 saturated carbocycles. The van der Waals surface area contributed by atoms with Crippen LogP contribution in [0.3, 0.4) is 0 Å². The van der Waals surface area contributed by atoms with Gasteiger partial charge in [0.05, 0.1) is 19.3 Å². The molecule has 4 rings (SSSR count). The average molecular weight is 610 g/mol. The number of rotatable bonds is 7. The van der Waals surface area contributed by atoms with Gasteiger partial charge in [-0.25, -0.2) is 18.1 Å². The Morgan fingerprint density at radius 2 is 1.93 bits per heavy atom. The summed E-state index contributed by atoms with van der Waals surface area (Å²) in [6, 6.07) is 4.25. The van der Waals surface area contributed by atoms with Gasteiger partial charge in [-0.2, -0.15) is 13.8 Å². The molecule has 2 fully saturated rings. The lowest BCUT2D eigenvalue weighted by Gasteiger charge is -2.40. The first-order chi connectivity index (χ1) is 18.4. The first-order valence-corrected chi connectivity index (χ1v) is 16.9. The Hall–Kier alpha value is -2.13. The molecule has 2 aliphatic heterocycles. The number of benzene rings is 1. The highest BCUT2D eigenvalue weighted by molar-refractivity contribution is 7.48. The molecule has 0 radical (unpaired) electrons. The number of alkyl halides is 2.